The fraction of sp³-hybridized carbons (Fsp3) is 0.182. The molecule has 10 heteroatoms. The molecule has 0 radical (unpaired) electrons. The van der Waals surface area contributed by atoms with Crippen LogP contribution in [0.3, 0.4) is 0 Å². The lowest BCUT2D eigenvalue weighted by atomic mass is 10.4. The number of pyridine rings is 1. The second-order valence-corrected chi connectivity index (χ2v) is 6.39. The third-order valence-electron chi connectivity index (χ3n) is 2.32. The highest BCUT2D eigenvalue weighted by molar-refractivity contribution is 7.90. The summed E-state index contributed by atoms with van der Waals surface area (Å²) in [6.07, 6.45) is 5.33. The van der Waals surface area contributed by atoms with Gasteiger partial charge in [-0.3, -0.25) is 0 Å². The van der Waals surface area contributed by atoms with Crippen LogP contribution in [-0.4, -0.2) is 48.5 Å². The molecule has 0 bridgehead atoms. The Bertz CT molecular complexity index is 784. The van der Waals surface area contributed by atoms with Gasteiger partial charge in [-0.25, -0.2) is 9.67 Å². The molecule has 0 saturated heterocycles. The minimum Gasteiger partial charge on any atom is -0.397 e. The minimum absolute atomic E-state index is 0.0759. The second kappa shape index (κ2) is 5.70. The first-order valence-corrected chi connectivity index (χ1v) is 7.54. The number of nitrogen functional groups attached to an aromatic ring is 1. The first kappa shape index (κ1) is 15.3. The van der Waals surface area contributed by atoms with E-state index >= 15 is 0 Å². The van der Waals surface area contributed by atoms with Crippen molar-refractivity contribution in [3.63, 3.8) is 0 Å². The largest absolute Gasteiger partial charge is 0.397 e. The van der Waals surface area contributed by atoms with Crippen molar-refractivity contribution in [2.75, 3.05) is 19.8 Å². The number of hydrogen-bond donors (Lipinski definition) is 1. The standard InChI is InChI=1S/C11H13ClN6O2S/c1-17(2)7-16-21(19,20)10-3-9(13)5-14-11(10)18-6-8(12)4-15-18/h3-7H,13H2,1-2H3/b16-7+. The van der Waals surface area contributed by atoms with E-state index in [1.807, 2.05) is 0 Å². The molecule has 0 amide bonds. The molecule has 0 aromatic carbocycles. The van der Waals surface area contributed by atoms with E-state index in [9.17, 15) is 8.42 Å². The molecule has 21 heavy (non-hydrogen) atoms. The van der Waals surface area contributed by atoms with Crippen LogP contribution in [0.15, 0.2) is 34.0 Å². The molecule has 0 aliphatic rings. The quantitative estimate of drug-likeness (QED) is 0.656. The Morgan fingerprint density at radius 1 is 1.43 bits per heavy atom. The van der Waals surface area contributed by atoms with Crippen LogP contribution in [0, 0.1) is 0 Å². The van der Waals surface area contributed by atoms with Gasteiger partial charge in [-0.2, -0.15) is 13.5 Å². The van der Waals surface area contributed by atoms with Crippen molar-refractivity contribution in [2.45, 2.75) is 4.90 Å². The summed E-state index contributed by atoms with van der Waals surface area (Å²) >= 11 is 5.79. The molecule has 2 heterocycles. The maximum Gasteiger partial charge on any atom is 0.287 e. The van der Waals surface area contributed by atoms with Crippen molar-refractivity contribution in [2.24, 2.45) is 4.40 Å². The minimum atomic E-state index is -3.97. The second-order valence-electron chi connectivity index (χ2n) is 4.35. The van der Waals surface area contributed by atoms with Crippen LogP contribution in [0.1, 0.15) is 0 Å². The smallest absolute Gasteiger partial charge is 0.287 e. The van der Waals surface area contributed by atoms with E-state index in [0.29, 0.717) is 5.02 Å². The lowest BCUT2D eigenvalue weighted by molar-refractivity contribution is 0.593. The lowest BCUT2D eigenvalue weighted by Gasteiger charge is -2.08. The van der Waals surface area contributed by atoms with Gasteiger partial charge >= 0.3 is 0 Å². The van der Waals surface area contributed by atoms with E-state index in [-0.39, 0.29) is 16.4 Å². The van der Waals surface area contributed by atoms with Gasteiger partial charge in [0, 0.05) is 14.1 Å². The molecule has 2 rings (SSSR count). The van der Waals surface area contributed by atoms with Gasteiger partial charge in [0.25, 0.3) is 10.0 Å². The Balaban J connectivity index is 2.60. The number of sulfonamides is 1. The average Bonchev–Trinajstić information content (AvgIpc) is 2.83. The SMILES string of the molecule is CN(C)/C=N/S(=O)(=O)c1cc(N)cnc1-n1cc(Cl)cn1. The number of anilines is 1. The Morgan fingerprint density at radius 3 is 2.71 bits per heavy atom. The fourth-order valence-corrected chi connectivity index (χ4v) is 2.67. The average molecular weight is 329 g/mol. The molecular formula is C11H13ClN6O2S. The first-order valence-electron chi connectivity index (χ1n) is 5.72. The summed E-state index contributed by atoms with van der Waals surface area (Å²) in [6.45, 7) is 0. The summed E-state index contributed by atoms with van der Waals surface area (Å²) in [5.74, 6) is 0.0759. The highest BCUT2D eigenvalue weighted by Crippen LogP contribution is 2.22. The van der Waals surface area contributed by atoms with E-state index in [1.54, 1.807) is 14.1 Å². The maximum absolute atomic E-state index is 12.3. The number of aromatic nitrogens is 3. The number of nitrogens with zero attached hydrogens (tertiary/aromatic N) is 5. The van der Waals surface area contributed by atoms with Gasteiger partial charge in [0.2, 0.25) is 0 Å². The van der Waals surface area contributed by atoms with Gasteiger partial charge < -0.3 is 10.6 Å². The maximum atomic E-state index is 12.3. The van der Waals surface area contributed by atoms with Gasteiger partial charge in [0.1, 0.15) is 11.2 Å². The lowest BCUT2D eigenvalue weighted by Crippen LogP contribution is -2.12. The van der Waals surface area contributed by atoms with E-state index < -0.39 is 10.0 Å². The van der Waals surface area contributed by atoms with Crippen LogP contribution >= 0.6 is 11.6 Å². The monoisotopic (exact) mass is 328 g/mol. The number of nitrogens with two attached hydrogens (primary N) is 1. The van der Waals surface area contributed by atoms with Crippen molar-refractivity contribution in [3.8, 4) is 5.82 Å². The van der Waals surface area contributed by atoms with Crippen molar-refractivity contribution in [1.29, 1.82) is 0 Å². The molecule has 0 aliphatic heterocycles. The van der Waals surface area contributed by atoms with E-state index in [4.69, 9.17) is 17.3 Å². The summed E-state index contributed by atoms with van der Waals surface area (Å²) in [6, 6.07) is 1.28. The van der Waals surface area contributed by atoms with Crippen LogP contribution in [0.2, 0.25) is 5.02 Å². The number of halogens is 1. The van der Waals surface area contributed by atoms with Gasteiger partial charge in [-0.05, 0) is 6.07 Å². The summed E-state index contributed by atoms with van der Waals surface area (Å²) in [4.78, 5) is 5.35. The predicted octanol–water partition coefficient (Wildman–Crippen LogP) is 0.781. The number of hydrogen-bond acceptors (Lipinski definition) is 5. The van der Waals surface area contributed by atoms with Crippen LogP contribution < -0.4 is 5.73 Å². The molecule has 0 aliphatic carbocycles. The Labute approximate surface area is 126 Å². The Kier molecular flexibility index (Phi) is 4.14. The summed E-state index contributed by atoms with van der Waals surface area (Å²) < 4.78 is 29.4. The van der Waals surface area contributed by atoms with Crippen LogP contribution in [-0.2, 0) is 10.0 Å². The van der Waals surface area contributed by atoms with Crippen molar-refractivity contribution >= 4 is 33.7 Å². The molecule has 2 N–H and O–H groups in total. The van der Waals surface area contributed by atoms with Crippen LogP contribution in [0.4, 0.5) is 5.69 Å². The van der Waals surface area contributed by atoms with Gasteiger partial charge in [-0.1, -0.05) is 11.6 Å². The van der Waals surface area contributed by atoms with Gasteiger partial charge in [0.15, 0.2) is 5.82 Å². The third-order valence-corrected chi connectivity index (χ3v) is 3.74. The molecule has 112 valence electrons. The van der Waals surface area contributed by atoms with E-state index in [1.165, 1.54) is 40.6 Å². The van der Waals surface area contributed by atoms with Gasteiger partial charge in [0.05, 0.1) is 29.3 Å². The summed E-state index contributed by atoms with van der Waals surface area (Å²) in [5, 5.41) is 4.30. The Hall–Kier alpha value is -2.13. The van der Waals surface area contributed by atoms with Crippen LogP contribution in [0.25, 0.3) is 5.82 Å². The molecule has 0 spiro atoms. The predicted molar refractivity (Wildman–Crippen MR) is 80.1 cm³/mol. The van der Waals surface area contributed by atoms with Gasteiger partial charge in [-0.15, -0.1) is 4.40 Å². The van der Waals surface area contributed by atoms with Crippen molar-refractivity contribution in [3.05, 3.63) is 29.7 Å². The molecule has 2 aromatic heterocycles. The zero-order valence-corrected chi connectivity index (χ0v) is 12.9. The molecule has 0 unspecified atom stereocenters. The molecule has 0 saturated carbocycles. The molecule has 0 fully saturated rings. The number of rotatable bonds is 4. The molecular weight excluding hydrogens is 316 g/mol. The zero-order chi connectivity index (χ0) is 15.6. The Morgan fingerprint density at radius 2 is 2.14 bits per heavy atom. The summed E-state index contributed by atoms with van der Waals surface area (Å²) in [7, 11) is -0.651. The highest BCUT2D eigenvalue weighted by Gasteiger charge is 2.21. The molecule has 0 atom stereocenters. The molecule has 2 aromatic rings. The van der Waals surface area contributed by atoms with Crippen molar-refractivity contribution < 1.29 is 8.42 Å². The highest BCUT2D eigenvalue weighted by atomic mass is 35.5. The van der Waals surface area contributed by atoms with E-state index in [0.717, 1.165) is 0 Å². The molecule has 8 nitrogen and oxygen atoms in total. The van der Waals surface area contributed by atoms with E-state index in [2.05, 4.69) is 14.5 Å². The van der Waals surface area contributed by atoms with Crippen molar-refractivity contribution in [1.82, 2.24) is 19.7 Å². The summed E-state index contributed by atoms with van der Waals surface area (Å²) in [5.41, 5.74) is 5.82. The normalized spacial score (nSPS) is 12.0. The fourth-order valence-electron chi connectivity index (χ4n) is 1.44. The zero-order valence-electron chi connectivity index (χ0n) is 11.3. The third kappa shape index (κ3) is 3.50. The van der Waals surface area contributed by atoms with Crippen LogP contribution in [0.5, 0.6) is 0 Å². The first-order chi connectivity index (χ1) is 9.79. The topological polar surface area (TPSA) is 106 Å².